The molecule has 0 bridgehead atoms. The predicted molar refractivity (Wildman–Crippen MR) is 112 cm³/mol. The lowest BCUT2D eigenvalue weighted by Gasteiger charge is -2.15. The first kappa shape index (κ1) is 18.2. The van der Waals surface area contributed by atoms with Gasteiger partial charge in [0.25, 0.3) is 5.91 Å². The van der Waals surface area contributed by atoms with Gasteiger partial charge in [0.2, 0.25) is 5.91 Å². The Kier molecular flexibility index (Phi) is 4.66. The van der Waals surface area contributed by atoms with Crippen LogP contribution in [0, 0.1) is 0 Å². The first-order valence-corrected chi connectivity index (χ1v) is 8.87. The number of nitrogens with one attached hydrogen (secondary N) is 3. The molecule has 4 aromatic rings. The van der Waals surface area contributed by atoms with Crippen molar-refractivity contribution < 1.29 is 9.59 Å². The molecule has 0 aliphatic heterocycles. The van der Waals surface area contributed by atoms with E-state index in [0.29, 0.717) is 28.6 Å². The normalized spacial score (nSPS) is 10.7. The molecule has 8 nitrogen and oxygen atoms in total. The number of hydrogen-bond donors (Lipinski definition) is 3. The van der Waals surface area contributed by atoms with Gasteiger partial charge in [-0.3, -0.25) is 14.7 Å². The maximum atomic E-state index is 12.5. The van der Waals surface area contributed by atoms with Gasteiger partial charge in [0.1, 0.15) is 5.69 Å². The summed E-state index contributed by atoms with van der Waals surface area (Å²) in [5, 5.41) is 9.74. The molecule has 3 N–H and O–H groups in total. The number of likely N-dealkylation sites (N-methyl/N-ethyl adjacent to an activating group) is 1. The van der Waals surface area contributed by atoms with Gasteiger partial charge in [-0.15, -0.1) is 0 Å². The van der Waals surface area contributed by atoms with Gasteiger partial charge >= 0.3 is 0 Å². The number of carbonyl (C=O) groups is 2. The van der Waals surface area contributed by atoms with Crippen LogP contribution >= 0.6 is 0 Å². The van der Waals surface area contributed by atoms with E-state index in [-0.39, 0.29) is 11.8 Å². The molecule has 29 heavy (non-hydrogen) atoms. The fourth-order valence-corrected chi connectivity index (χ4v) is 2.88. The number of hydrogen-bond acceptors (Lipinski definition) is 4. The number of amides is 2. The molecule has 0 saturated carbocycles. The number of H-pyrrole nitrogens is 2. The zero-order valence-electron chi connectivity index (χ0n) is 15.6. The van der Waals surface area contributed by atoms with Gasteiger partial charge in [0.05, 0.1) is 11.0 Å². The highest BCUT2D eigenvalue weighted by atomic mass is 16.2. The summed E-state index contributed by atoms with van der Waals surface area (Å²) in [5.74, 6) is 0.487. The number of aromatic amines is 2. The van der Waals surface area contributed by atoms with Crippen LogP contribution in [0.15, 0.2) is 67.3 Å². The van der Waals surface area contributed by atoms with Crippen LogP contribution in [0.1, 0.15) is 10.4 Å². The van der Waals surface area contributed by atoms with Crippen molar-refractivity contribution >= 4 is 34.4 Å². The first-order valence-electron chi connectivity index (χ1n) is 8.87. The number of rotatable bonds is 5. The zero-order valence-corrected chi connectivity index (χ0v) is 15.6. The number of imidazole rings is 1. The second-order valence-electron chi connectivity index (χ2n) is 6.37. The molecule has 2 heterocycles. The second-order valence-corrected chi connectivity index (χ2v) is 6.37. The second kappa shape index (κ2) is 7.43. The standard InChI is InChI=1S/C21H18N6O2/c1-3-19(28)27(2)14-10-8-13(9-11-14)21(29)24-18-12-17(25-26-18)20-22-15-6-4-5-7-16(15)23-20/h3-12H,1H2,2H3,(H,22,23)(H2,24,25,26,29). The Hall–Kier alpha value is -4.20. The average molecular weight is 386 g/mol. The monoisotopic (exact) mass is 386 g/mol. The highest BCUT2D eigenvalue weighted by Crippen LogP contribution is 2.21. The van der Waals surface area contributed by atoms with Gasteiger partial charge in [0, 0.05) is 24.4 Å². The van der Waals surface area contributed by atoms with Crippen molar-refractivity contribution in [2.45, 2.75) is 0 Å². The minimum Gasteiger partial charge on any atom is -0.337 e. The van der Waals surface area contributed by atoms with Crippen molar-refractivity contribution in [1.29, 1.82) is 0 Å². The molecular weight excluding hydrogens is 368 g/mol. The Morgan fingerprint density at radius 3 is 2.62 bits per heavy atom. The number of nitrogens with zero attached hydrogens (tertiary/aromatic N) is 3. The van der Waals surface area contributed by atoms with Crippen LogP contribution in [-0.2, 0) is 4.79 Å². The van der Waals surface area contributed by atoms with Gasteiger partial charge in [0.15, 0.2) is 11.6 Å². The van der Waals surface area contributed by atoms with E-state index in [1.165, 1.54) is 11.0 Å². The molecule has 0 spiro atoms. The Bertz CT molecular complexity index is 1170. The van der Waals surface area contributed by atoms with Crippen LogP contribution in [0.3, 0.4) is 0 Å². The molecule has 8 heteroatoms. The number of aromatic nitrogens is 4. The van der Waals surface area contributed by atoms with Crippen LogP contribution in [0.4, 0.5) is 11.5 Å². The third-order valence-electron chi connectivity index (χ3n) is 4.49. The summed E-state index contributed by atoms with van der Waals surface area (Å²) in [6.45, 7) is 3.46. The first-order chi connectivity index (χ1) is 14.0. The quantitative estimate of drug-likeness (QED) is 0.457. The molecule has 0 saturated heterocycles. The van der Waals surface area contributed by atoms with Crippen LogP contribution in [0.2, 0.25) is 0 Å². The fourth-order valence-electron chi connectivity index (χ4n) is 2.88. The summed E-state index contributed by atoms with van der Waals surface area (Å²) in [5.41, 5.74) is 3.54. The molecule has 0 aliphatic carbocycles. The Balaban J connectivity index is 1.47. The molecule has 2 aromatic carbocycles. The molecule has 0 unspecified atom stereocenters. The van der Waals surface area contributed by atoms with E-state index in [1.807, 2.05) is 24.3 Å². The molecule has 0 radical (unpaired) electrons. The maximum Gasteiger partial charge on any atom is 0.256 e. The summed E-state index contributed by atoms with van der Waals surface area (Å²) in [4.78, 5) is 33.3. The molecule has 0 fully saturated rings. The lowest BCUT2D eigenvalue weighted by Crippen LogP contribution is -2.23. The van der Waals surface area contributed by atoms with E-state index in [0.717, 1.165) is 11.0 Å². The molecule has 4 rings (SSSR count). The molecule has 2 amide bonds. The smallest absolute Gasteiger partial charge is 0.256 e. The van der Waals surface area contributed by atoms with Gasteiger partial charge in [-0.1, -0.05) is 18.7 Å². The minimum absolute atomic E-state index is 0.225. The highest BCUT2D eigenvalue weighted by Gasteiger charge is 2.13. The van der Waals surface area contributed by atoms with Gasteiger partial charge < -0.3 is 15.2 Å². The van der Waals surface area contributed by atoms with Crippen LogP contribution in [0.25, 0.3) is 22.6 Å². The van der Waals surface area contributed by atoms with E-state index < -0.39 is 0 Å². The lowest BCUT2D eigenvalue weighted by atomic mass is 10.2. The summed E-state index contributed by atoms with van der Waals surface area (Å²) in [6, 6.07) is 16.1. The minimum atomic E-state index is -0.308. The van der Waals surface area contributed by atoms with E-state index in [9.17, 15) is 9.59 Å². The number of fused-ring (bicyclic) bond motifs is 1. The largest absolute Gasteiger partial charge is 0.337 e. The van der Waals surface area contributed by atoms with E-state index >= 15 is 0 Å². The zero-order chi connectivity index (χ0) is 20.4. The van der Waals surface area contributed by atoms with Crippen LogP contribution in [-0.4, -0.2) is 39.0 Å². The van der Waals surface area contributed by atoms with Crippen molar-refractivity contribution in [1.82, 2.24) is 20.2 Å². The SMILES string of the molecule is C=CC(=O)N(C)c1ccc(C(=O)Nc2cc(-c3nc4ccccc4[nH]3)[nH]n2)cc1. The van der Waals surface area contributed by atoms with Crippen molar-refractivity contribution in [3.05, 3.63) is 72.8 Å². The van der Waals surface area contributed by atoms with E-state index in [1.54, 1.807) is 37.4 Å². The summed E-state index contributed by atoms with van der Waals surface area (Å²) < 4.78 is 0. The van der Waals surface area contributed by atoms with Gasteiger partial charge in [-0.25, -0.2) is 4.98 Å². The lowest BCUT2D eigenvalue weighted by molar-refractivity contribution is -0.113. The summed E-state index contributed by atoms with van der Waals surface area (Å²) in [7, 11) is 1.64. The molecule has 2 aromatic heterocycles. The Morgan fingerprint density at radius 1 is 1.14 bits per heavy atom. The van der Waals surface area contributed by atoms with E-state index in [4.69, 9.17) is 0 Å². The van der Waals surface area contributed by atoms with Crippen molar-refractivity contribution in [3.8, 4) is 11.5 Å². The molecule has 0 atom stereocenters. The van der Waals surface area contributed by atoms with Crippen molar-refractivity contribution in [2.75, 3.05) is 17.3 Å². The third kappa shape index (κ3) is 3.63. The van der Waals surface area contributed by atoms with Crippen molar-refractivity contribution in [3.63, 3.8) is 0 Å². The third-order valence-corrected chi connectivity index (χ3v) is 4.49. The Labute approximate surface area is 166 Å². The van der Waals surface area contributed by atoms with Crippen LogP contribution in [0.5, 0.6) is 0 Å². The van der Waals surface area contributed by atoms with Gasteiger partial charge in [-0.2, -0.15) is 5.10 Å². The molecule has 144 valence electrons. The molecular formula is C21H18N6O2. The fraction of sp³-hybridized carbons (Fsp3) is 0.0476. The number of carbonyl (C=O) groups excluding carboxylic acids is 2. The van der Waals surface area contributed by atoms with Crippen molar-refractivity contribution in [2.24, 2.45) is 0 Å². The maximum absolute atomic E-state index is 12.5. The highest BCUT2D eigenvalue weighted by molar-refractivity contribution is 6.05. The number of para-hydroxylation sites is 2. The topological polar surface area (TPSA) is 107 Å². The number of benzene rings is 2. The predicted octanol–water partition coefficient (Wildman–Crippen LogP) is 3.35. The van der Waals surface area contributed by atoms with Gasteiger partial charge in [-0.05, 0) is 42.5 Å². The Morgan fingerprint density at radius 2 is 1.90 bits per heavy atom. The average Bonchev–Trinajstić information content (AvgIpc) is 3.39. The number of anilines is 2. The van der Waals surface area contributed by atoms with Crippen LogP contribution < -0.4 is 10.2 Å². The molecule has 0 aliphatic rings. The summed E-state index contributed by atoms with van der Waals surface area (Å²) in [6.07, 6.45) is 1.23. The summed E-state index contributed by atoms with van der Waals surface area (Å²) >= 11 is 0. The van der Waals surface area contributed by atoms with E-state index in [2.05, 4.69) is 32.1 Å².